The number of hydrogen-bond acceptors (Lipinski definition) is 8. The molecule has 1 fully saturated rings. The van der Waals surface area contributed by atoms with E-state index in [1.807, 2.05) is 0 Å². The van der Waals surface area contributed by atoms with Crippen LogP contribution in [0.4, 0.5) is 41.6 Å². The molecule has 3 atom stereocenters. The lowest BCUT2D eigenvalue weighted by atomic mass is 9.84. The van der Waals surface area contributed by atoms with Crippen LogP contribution in [0.2, 0.25) is 0 Å². The fraction of sp³-hybridized carbons (Fsp3) is 0.364. The number of rotatable bonds is 11. The Balaban J connectivity index is 1.50. The van der Waals surface area contributed by atoms with Gasteiger partial charge >= 0.3 is 18.4 Å². The number of hydrogen-bond donors (Lipinski definition) is 3. The quantitative estimate of drug-likeness (QED) is 0.241. The van der Waals surface area contributed by atoms with Crippen molar-refractivity contribution in [2.24, 2.45) is 5.73 Å². The van der Waals surface area contributed by atoms with Gasteiger partial charge in [-0.1, -0.05) is 30.3 Å². The summed E-state index contributed by atoms with van der Waals surface area (Å²) >= 11 is 0. The molecule has 3 aromatic rings. The number of methoxy groups -OCH3 is 1. The van der Waals surface area contributed by atoms with E-state index in [9.17, 15) is 36.3 Å². The van der Waals surface area contributed by atoms with Gasteiger partial charge in [0.25, 0.3) is 5.91 Å². The summed E-state index contributed by atoms with van der Waals surface area (Å²) < 4.78 is 96.2. The van der Waals surface area contributed by atoms with Crippen LogP contribution in [0.5, 0.6) is 0 Å². The molecule has 0 spiro atoms. The highest BCUT2D eigenvalue weighted by Gasteiger charge is 2.37. The second-order valence-corrected chi connectivity index (χ2v) is 11.2. The minimum Gasteiger partial charge on any atom is -0.452 e. The van der Waals surface area contributed by atoms with Gasteiger partial charge in [-0.25, -0.2) is 27.7 Å². The highest BCUT2D eigenvalue weighted by Crippen LogP contribution is 2.32. The highest BCUT2D eigenvalue weighted by atomic mass is 19.4. The Labute approximate surface area is 277 Å². The zero-order chi connectivity index (χ0) is 35.7. The fourth-order valence-corrected chi connectivity index (χ4v) is 5.37. The van der Waals surface area contributed by atoms with E-state index in [1.54, 1.807) is 5.32 Å². The van der Waals surface area contributed by atoms with Crippen LogP contribution in [0.1, 0.15) is 29.0 Å². The average Bonchev–Trinajstić information content (AvgIpc) is 3.06. The van der Waals surface area contributed by atoms with Gasteiger partial charge in [-0.2, -0.15) is 13.2 Å². The van der Waals surface area contributed by atoms with Crippen LogP contribution >= 0.6 is 0 Å². The maximum absolute atomic E-state index is 15.4. The van der Waals surface area contributed by atoms with E-state index in [2.05, 4.69) is 5.32 Å². The molecule has 4 rings (SSSR count). The van der Waals surface area contributed by atoms with E-state index in [1.165, 1.54) is 48.5 Å². The highest BCUT2D eigenvalue weighted by molar-refractivity contribution is 6.15. The van der Waals surface area contributed by atoms with E-state index in [4.69, 9.17) is 19.9 Å². The Morgan fingerprint density at radius 1 is 1.02 bits per heavy atom. The summed E-state index contributed by atoms with van der Waals surface area (Å²) in [7, 11) is 1.02. The minimum atomic E-state index is -4.59. The van der Waals surface area contributed by atoms with Crippen molar-refractivity contribution in [2.75, 3.05) is 38.3 Å². The van der Waals surface area contributed by atoms with Crippen molar-refractivity contribution in [3.8, 4) is 0 Å². The maximum Gasteiger partial charge on any atom is 0.420 e. The molecular weight excluding hydrogens is 662 g/mol. The van der Waals surface area contributed by atoms with Crippen molar-refractivity contribution >= 4 is 23.8 Å². The molecule has 0 unspecified atom stereocenters. The third-order valence-corrected chi connectivity index (χ3v) is 7.70. The largest absolute Gasteiger partial charge is 0.452 e. The fourth-order valence-electron chi connectivity index (χ4n) is 5.37. The first kappa shape index (κ1) is 37.2. The molecule has 0 aliphatic carbocycles. The van der Waals surface area contributed by atoms with Crippen molar-refractivity contribution in [1.82, 2.24) is 10.6 Å². The van der Waals surface area contributed by atoms with Crippen LogP contribution in [0.25, 0.3) is 0 Å². The first-order valence-corrected chi connectivity index (χ1v) is 15.1. The lowest BCUT2D eigenvalue weighted by Gasteiger charge is -2.31. The molecule has 0 bridgehead atoms. The number of alkyl halides is 3. The Morgan fingerprint density at radius 3 is 2.20 bits per heavy atom. The third-order valence-electron chi connectivity index (χ3n) is 7.70. The van der Waals surface area contributed by atoms with Crippen LogP contribution < -0.4 is 21.3 Å². The van der Waals surface area contributed by atoms with E-state index in [-0.39, 0.29) is 55.0 Å². The number of nitrogens with zero attached hydrogens (tertiary/aromatic N) is 1. The normalized spacial score (nSPS) is 16.9. The summed E-state index contributed by atoms with van der Waals surface area (Å²) in [6.45, 7) is -1.58. The number of carbonyl (C=O) groups is 3. The molecule has 1 saturated heterocycles. The van der Waals surface area contributed by atoms with Crippen molar-refractivity contribution in [2.45, 2.75) is 43.1 Å². The number of halogens is 6. The summed E-state index contributed by atoms with van der Waals surface area (Å²) in [6, 6.07) is 12.1. The smallest absolute Gasteiger partial charge is 0.420 e. The van der Waals surface area contributed by atoms with Crippen LogP contribution in [-0.4, -0.2) is 75.9 Å². The lowest BCUT2D eigenvalue weighted by Crippen LogP contribution is -2.50. The summed E-state index contributed by atoms with van der Waals surface area (Å²) in [5.74, 6) is -4.19. The number of anilines is 1. The van der Waals surface area contributed by atoms with Gasteiger partial charge in [0.05, 0.1) is 37.6 Å². The number of imide groups is 1. The molecule has 16 heteroatoms. The Kier molecular flexibility index (Phi) is 12.6. The molecule has 3 amide bonds. The molecule has 1 aliphatic rings. The Morgan fingerprint density at radius 2 is 1.65 bits per heavy atom. The molecule has 1 heterocycles. The van der Waals surface area contributed by atoms with Gasteiger partial charge in [-0.15, -0.1) is 0 Å². The zero-order valence-corrected chi connectivity index (χ0v) is 26.1. The predicted molar refractivity (Wildman–Crippen MR) is 164 cm³/mol. The van der Waals surface area contributed by atoms with Gasteiger partial charge < -0.3 is 30.6 Å². The summed E-state index contributed by atoms with van der Waals surface area (Å²) in [4.78, 5) is 39.3. The van der Waals surface area contributed by atoms with Crippen molar-refractivity contribution < 1.29 is 54.9 Å². The van der Waals surface area contributed by atoms with Crippen LogP contribution in [0.15, 0.2) is 66.7 Å². The second kappa shape index (κ2) is 16.6. The van der Waals surface area contributed by atoms with Crippen molar-refractivity contribution in [1.29, 1.82) is 0 Å². The molecule has 4 N–H and O–H groups in total. The van der Waals surface area contributed by atoms with Gasteiger partial charge in [0, 0.05) is 18.0 Å². The molecule has 3 aromatic carbocycles. The molecule has 264 valence electrons. The first-order valence-electron chi connectivity index (χ1n) is 15.1. The number of nitrogens with one attached hydrogen (secondary N) is 2. The Bertz CT molecular complexity index is 1570. The number of alkyl carbamates (subject to hydrolysis) is 1. The van der Waals surface area contributed by atoms with Crippen LogP contribution in [-0.2, 0) is 25.4 Å². The van der Waals surface area contributed by atoms with Gasteiger partial charge in [-0.05, 0) is 60.4 Å². The van der Waals surface area contributed by atoms with Crippen molar-refractivity contribution in [3.05, 3.63) is 101 Å². The molecule has 0 radical (unpaired) electrons. The summed E-state index contributed by atoms with van der Waals surface area (Å²) in [5.41, 5.74) is 6.72. The predicted octanol–water partition coefficient (Wildman–Crippen LogP) is 4.94. The van der Waals surface area contributed by atoms with Crippen LogP contribution in [0, 0.1) is 17.5 Å². The van der Waals surface area contributed by atoms with E-state index in [0.717, 1.165) is 25.3 Å². The molecule has 49 heavy (non-hydrogen) atoms. The average molecular weight is 697 g/mol. The molecule has 1 aliphatic heterocycles. The minimum absolute atomic E-state index is 0.0184. The SMILES string of the molecule is COC(=O)N(C(=O)[C@@H](N)C(c1cccc(F)c1)c1cccc(F)c1)c1cccc(F)c1CC[C@@H]1CN[C@H](COC(=O)NCC(F)(F)F)CO1. The standard InChI is InChI=1S/C33H34F6N4O6/c1-47-32(46)43(30(44)29(40)28(19-5-2-7-21(34)13-19)20-6-3-8-22(35)14-20)27-10-4-9-26(36)25(27)12-11-24-15-41-23(16-48-24)17-49-31(45)42-18-33(37,38)39/h2-10,13-14,23-24,28-29,41H,11-12,15-18,40H2,1H3,(H,42,45)/t23-,24+,29-/m0/s1. The van der Waals surface area contributed by atoms with Crippen molar-refractivity contribution in [3.63, 3.8) is 0 Å². The number of ether oxygens (including phenoxy) is 3. The van der Waals surface area contributed by atoms with E-state index < -0.39 is 72.4 Å². The number of morpholine rings is 1. The van der Waals surface area contributed by atoms with Gasteiger partial charge in [-0.3, -0.25) is 4.79 Å². The second-order valence-electron chi connectivity index (χ2n) is 11.2. The van der Waals surface area contributed by atoms with Gasteiger partial charge in [0.15, 0.2) is 0 Å². The number of nitrogens with two attached hydrogens (primary N) is 1. The monoisotopic (exact) mass is 696 g/mol. The third kappa shape index (κ3) is 10.2. The number of amides is 3. The van der Waals surface area contributed by atoms with Gasteiger partial charge in [0.2, 0.25) is 0 Å². The molecule has 10 nitrogen and oxygen atoms in total. The summed E-state index contributed by atoms with van der Waals surface area (Å²) in [6.07, 6.45) is -7.36. The van der Waals surface area contributed by atoms with Crippen LogP contribution in [0.3, 0.4) is 0 Å². The number of benzene rings is 3. The van der Waals surface area contributed by atoms with E-state index in [0.29, 0.717) is 4.90 Å². The first-order chi connectivity index (χ1) is 23.3. The number of carbonyl (C=O) groups excluding carboxylic acids is 3. The molecule has 0 saturated carbocycles. The molecule has 0 aromatic heterocycles. The topological polar surface area (TPSA) is 132 Å². The van der Waals surface area contributed by atoms with E-state index >= 15 is 4.39 Å². The summed E-state index contributed by atoms with van der Waals surface area (Å²) in [5, 5.41) is 4.64. The lowest BCUT2D eigenvalue weighted by molar-refractivity contribution is -0.124. The molecular formula is C33H34F6N4O6. The zero-order valence-electron chi connectivity index (χ0n) is 26.1. The van der Waals surface area contributed by atoms with Gasteiger partial charge in [0.1, 0.15) is 30.6 Å². The maximum atomic E-state index is 15.4. The Hall–Kier alpha value is -4.67.